The van der Waals surface area contributed by atoms with E-state index >= 15 is 0 Å². The minimum Gasteiger partial charge on any atom is -0.317 e. The van der Waals surface area contributed by atoms with Crippen molar-refractivity contribution < 1.29 is 0 Å². The van der Waals surface area contributed by atoms with Gasteiger partial charge in [0.25, 0.3) is 0 Å². The number of thiophene rings is 1. The van der Waals surface area contributed by atoms with Gasteiger partial charge in [0.2, 0.25) is 0 Å². The van der Waals surface area contributed by atoms with E-state index in [2.05, 4.69) is 35.5 Å². The molecule has 1 atom stereocenters. The zero-order chi connectivity index (χ0) is 11.4. The van der Waals surface area contributed by atoms with Gasteiger partial charge >= 0.3 is 0 Å². The van der Waals surface area contributed by atoms with E-state index in [0.29, 0.717) is 0 Å². The Morgan fingerprint density at radius 2 is 1.94 bits per heavy atom. The molecule has 1 aromatic heterocycles. The minimum atomic E-state index is -0.441. The van der Waals surface area contributed by atoms with Crippen molar-refractivity contribution in [2.45, 2.75) is 12.0 Å². The van der Waals surface area contributed by atoms with Gasteiger partial charge in [0, 0.05) is 0 Å². The fraction of sp³-hybridized carbons (Fsp3) is 0.143. The van der Waals surface area contributed by atoms with Gasteiger partial charge in [-0.15, -0.1) is 6.58 Å². The monoisotopic (exact) mass is 229 g/mol. The third-order valence-electron chi connectivity index (χ3n) is 2.79. The van der Waals surface area contributed by atoms with Crippen LogP contribution in [0, 0.1) is 0 Å². The van der Waals surface area contributed by atoms with Crippen molar-refractivity contribution in [2.75, 3.05) is 0 Å². The topological polar surface area (TPSA) is 26.0 Å². The SMILES string of the molecule is C=CCC(N)(c1ccccc1)c1ccsc1. The number of hydrogen-bond acceptors (Lipinski definition) is 2. The van der Waals surface area contributed by atoms with Crippen molar-refractivity contribution >= 4 is 11.3 Å². The van der Waals surface area contributed by atoms with Gasteiger partial charge in [0.15, 0.2) is 0 Å². The van der Waals surface area contributed by atoms with Crippen LogP contribution >= 0.6 is 11.3 Å². The third kappa shape index (κ3) is 1.94. The van der Waals surface area contributed by atoms with Crippen LogP contribution in [0.2, 0.25) is 0 Å². The van der Waals surface area contributed by atoms with Crippen molar-refractivity contribution in [1.29, 1.82) is 0 Å². The van der Waals surface area contributed by atoms with E-state index in [1.54, 1.807) is 11.3 Å². The molecule has 0 radical (unpaired) electrons. The predicted molar refractivity (Wildman–Crippen MR) is 70.5 cm³/mol. The zero-order valence-corrected chi connectivity index (χ0v) is 9.91. The molecular formula is C14H15NS. The van der Waals surface area contributed by atoms with E-state index in [-0.39, 0.29) is 0 Å². The molecule has 0 aliphatic heterocycles. The van der Waals surface area contributed by atoms with E-state index in [1.807, 2.05) is 24.3 Å². The second kappa shape index (κ2) is 4.64. The van der Waals surface area contributed by atoms with Gasteiger partial charge in [-0.25, -0.2) is 0 Å². The zero-order valence-electron chi connectivity index (χ0n) is 9.10. The Labute approximate surface area is 100 Å². The minimum absolute atomic E-state index is 0.441. The predicted octanol–water partition coefficient (Wildman–Crippen LogP) is 3.53. The molecular weight excluding hydrogens is 214 g/mol. The van der Waals surface area contributed by atoms with Crippen LogP contribution in [0.4, 0.5) is 0 Å². The summed E-state index contributed by atoms with van der Waals surface area (Å²) in [5.74, 6) is 0. The Kier molecular flexibility index (Phi) is 3.22. The Hall–Kier alpha value is -1.38. The van der Waals surface area contributed by atoms with Crippen LogP contribution in [0.3, 0.4) is 0 Å². The van der Waals surface area contributed by atoms with Crippen LogP contribution in [-0.4, -0.2) is 0 Å². The molecule has 1 heterocycles. The van der Waals surface area contributed by atoms with Crippen molar-refractivity contribution in [1.82, 2.24) is 0 Å². The maximum atomic E-state index is 6.53. The molecule has 0 saturated heterocycles. The van der Waals surface area contributed by atoms with Crippen molar-refractivity contribution in [3.8, 4) is 0 Å². The molecule has 0 fully saturated rings. The summed E-state index contributed by atoms with van der Waals surface area (Å²) in [7, 11) is 0. The Morgan fingerprint density at radius 1 is 1.19 bits per heavy atom. The van der Waals surface area contributed by atoms with E-state index in [0.717, 1.165) is 17.5 Å². The maximum absolute atomic E-state index is 6.53. The van der Waals surface area contributed by atoms with Gasteiger partial charge < -0.3 is 5.73 Å². The van der Waals surface area contributed by atoms with Crippen LogP contribution in [0.1, 0.15) is 17.5 Å². The van der Waals surface area contributed by atoms with Crippen LogP contribution in [0.25, 0.3) is 0 Å². The maximum Gasteiger partial charge on any atom is 0.0708 e. The van der Waals surface area contributed by atoms with Gasteiger partial charge in [0.1, 0.15) is 0 Å². The molecule has 1 aromatic carbocycles. The highest BCUT2D eigenvalue weighted by Crippen LogP contribution is 2.31. The molecule has 0 bridgehead atoms. The summed E-state index contributed by atoms with van der Waals surface area (Å²) < 4.78 is 0. The number of nitrogens with two attached hydrogens (primary N) is 1. The lowest BCUT2D eigenvalue weighted by Gasteiger charge is -2.28. The van der Waals surface area contributed by atoms with Gasteiger partial charge in [-0.05, 0) is 34.4 Å². The van der Waals surface area contributed by atoms with E-state index in [4.69, 9.17) is 5.73 Å². The summed E-state index contributed by atoms with van der Waals surface area (Å²) in [5.41, 5.74) is 8.38. The molecule has 1 nitrogen and oxygen atoms in total. The first-order valence-electron chi connectivity index (χ1n) is 5.25. The number of benzene rings is 1. The summed E-state index contributed by atoms with van der Waals surface area (Å²) in [6, 6.07) is 12.3. The molecule has 0 amide bonds. The molecule has 16 heavy (non-hydrogen) atoms. The highest BCUT2D eigenvalue weighted by atomic mass is 32.1. The number of hydrogen-bond donors (Lipinski definition) is 1. The van der Waals surface area contributed by atoms with Gasteiger partial charge in [0.05, 0.1) is 5.54 Å². The van der Waals surface area contributed by atoms with Gasteiger partial charge in [-0.3, -0.25) is 0 Å². The van der Waals surface area contributed by atoms with E-state index in [1.165, 1.54) is 0 Å². The summed E-state index contributed by atoms with van der Waals surface area (Å²) >= 11 is 1.67. The first-order chi connectivity index (χ1) is 7.77. The van der Waals surface area contributed by atoms with Crippen molar-refractivity contribution in [3.05, 3.63) is 70.9 Å². The largest absolute Gasteiger partial charge is 0.317 e. The molecule has 2 heteroatoms. The van der Waals surface area contributed by atoms with Gasteiger partial charge in [-0.1, -0.05) is 36.4 Å². The lowest BCUT2D eigenvalue weighted by Crippen LogP contribution is -2.36. The second-order valence-corrected chi connectivity index (χ2v) is 4.62. The molecule has 2 N–H and O–H groups in total. The quantitative estimate of drug-likeness (QED) is 0.797. The molecule has 2 aromatic rings. The molecule has 0 aliphatic carbocycles. The van der Waals surface area contributed by atoms with E-state index < -0.39 is 5.54 Å². The fourth-order valence-corrected chi connectivity index (χ4v) is 2.62. The average molecular weight is 229 g/mol. The lowest BCUT2D eigenvalue weighted by atomic mass is 9.82. The lowest BCUT2D eigenvalue weighted by molar-refractivity contribution is 0.549. The molecule has 0 aliphatic rings. The Morgan fingerprint density at radius 3 is 2.50 bits per heavy atom. The molecule has 1 unspecified atom stereocenters. The molecule has 0 spiro atoms. The molecule has 2 rings (SSSR count). The van der Waals surface area contributed by atoms with E-state index in [9.17, 15) is 0 Å². The Bertz CT molecular complexity index is 447. The first-order valence-corrected chi connectivity index (χ1v) is 6.19. The highest BCUT2D eigenvalue weighted by Gasteiger charge is 2.28. The normalized spacial score (nSPS) is 14.3. The standard InChI is InChI=1S/C14H15NS/c1-2-9-14(15,13-8-10-16-11-13)12-6-4-3-5-7-12/h2-8,10-11H,1,9,15H2. The Balaban J connectivity index is 2.48. The molecule has 0 saturated carbocycles. The van der Waals surface area contributed by atoms with Gasteiger partial charge in [-0.2, -0.15) is 11.3 Å². The van der Waals surface area contributed by atoms with Crippen LogP contribution < -0.4 is 5.73 Å². The van der Waals surface area contributed by atoms with Crippen LogP contribution in [-0.2, 0) is 5.54 Å². The van der Waals surface area contributed by atoms with Crippen LogP contribution in [0.5, 0.6) is 0 Å². The summed E-state index contributed by atoms with van der Waals surface area (Å²) in [5, 5.41) is 4.17. The second-order valence-electron chi connectivity index (χ2n) is 3.84. The summed E-state index contributed by atoms with van der Waals surface area (Å²) in [4.78, 5) is 0. The van der Waals surface area contributed by atoms with Crippen molar-refractivity contribution in [3.63, 3.8) is 0 Å². The van der Waals surface area contributed by atoms with Crippen molar-refractivity contribution in [2.24, 2.45) is 5.73 Å². The fourth-order valence-electron chi connectivity index (χ4n) is 1.88. The summed E-state index contributed by atoms with van der Waals surface area (Å²) in [6.07, 6.45) is 2.62. The third-order valence-corrected chi connectivity index (χ3v) is 3.47. The molecule has 82 valence electrons. The highest BCUT2D eigenvalue weighted by molar-refractivity contribution is 7.08. The first kappa shape index (κ1) is 11.1. The number of rotatable bonds is 4. The smallest absolute Gasteiger partial charge is 0.0708 e. The summed E-state index contributed by atoms with van der Waals surface area (Å²) in [6.45, 7) is 3.80. The van der Waals surface area contributed by atoms with Crippen LogP contribution in [0.15, 0.2) is 59.8 Å². The average Bonchev–Trinajstić information content (AvgIpc) is 2.84.